The molecule has 0 unspecified atom stereocenters. The molecule has 0 aliphatic carbocycles. The quantitative estimate of drug-likeness (QED) is 0.390. The second kappa shape index (κ2) is 8.58. The van der Waals surface area contributed by atoms with Gasteiger partial charge in [-0.25, -0.2) is 0 Å². The Hall–Kier alpha value is 1.58. The van der Waals surface area contributed by atoms with E-state index < -0.39 is 0 Å². The summed E-state index contributed by atoms with van der Waals surface area (Å²) in [6.45, 7) is 0. The van der Waals surface area contributed by atoms with Gasteiger partial charge in [0.25, 0.3) is 0 Å². The van der Waals surface area contributed by atoms with Gasteiger partial charge < -0.3 is 0 Å². The average molecular weight is 218 g/mol. The molecule has 0 aromatic rings. The van der Waals surface area contributed by atoms with E-state index in [4.69, 9.17) is 0 Å². The molecular formula is C2H2S6. The minimum absolute atomic E-state index is 1.53. The average Bonchev–Trinajstić information content (AvgIpc) is 1.81. The summed E-state index contributed by atoms with van der Waals surface area (Å²) in [4.78, 5) is 0. The van der Waals surface area contributed by atoms with E-state index in [2.05, 4.69) is 24.4 Å². The number of rotatable bonds is 5. The Morgan fingerprint density at radius 1 is 0.875 bits per heavy atom. The third-order valence-electron chi connectivity index (χ3n) is 0.185. The Kier molecular flexibility index (Phi) is 10.3. The Morgan fingerprint density at radius 2 is 1.25 bits per heavy atom. The first-order chi connectivity index (χ1) is 3.91. The maximum absolute atomic E-state index is 4.56. The molecule has 0 rings (SSSR count). The Morgan fingerprint density at radius 3 is 1.50 bits per heavy atom. The first-order valence-electron chi connectivity index (χ1n) is 1.44. The molecule has 0 saturated carbocycles. The Labute approximate surface area is 74.5 Å². The molecule has 0 nitrogen and oxygen atoms in total. The lowest BCUT2D eigenvalue weighted by Gasteiger charge is -1.85. The van der Waals surface area contributed by atoms with Crippen molar-refractivity contribution in [3.63, 3.8) is 0 Å². The molecule has 0 heterocycles. The third-order valence-corrected chi connectivity index (χ3v) is 6.49. The fraction of sp³-hybridized carbons (Fsp3) is 0. The van der Waals surface area contributed by atoms with Gasteiger partial charge in [-0.05, 0) is 41.2 Å². The lowest BCUT2D eigenvalue weighted by atomic mass is 11.9. The van der Waals surface area contributed by atoms with Crippen LogP contribution in [0.2, 0.25) is 0 Å². The monoisotopic (exact) mass is 218 g/mol. The van der Waals surface area contributed by atoms with Crippen molar-refractivity contribution in [1.82, 2.24) is 0 Å². The highest BCUT2D eigenvalue weighted by Gasteiger charge is 1.83. The summed E-state index contributed by atoms with van der Waals surface area (Å²) < 4.78 is 3.25. The summed E-state index contributed by atoms with van der Waals surface area (Å²) in [5.41, 5.74) is 0. The highest BCUT2D eigenvalue weighted by atomic mass is 33.7. The van der Waals surface area contributed by atoms with E-state index in [0.29, 0.717) is 0 Å². The van der Waals surface area contributed by atoms with E-state index in [1.165, 1.54) is 21.6 Å². The van der Waals surface area contributed by atoms with Gasteiger partial charge in [-0.15, -0.1) is 0 Å². The lowest BCUT2D eigenvalue weighted by Crippen LogP contribution is -1.41. The minimum atomic E-state index is 1.53. The van der Waals surface area contributed by atoms with Crippen LogP contribution in [0.15, 0.2) is 0 Å². The zero-order valence-corrected chi connectivity index (χ0v) is 8.50. The summed E-state index contributed by atoms with van der Waals surface area (Å²) in [6.07, 6.45) is 0. The Bertz CT molecular complexity index is 58.9. The standard InChI is InChI=1S/C2H2S6/c3-1-5-7-8-6-2-4/h1-2H. The molecule has 46 valence electrons. The van der Waals surface area contributed by atoms with Crippen molar-refractivity contribution in [2.45, 2.75) is 0 Å². The maximum Gasteiger partial charge on any atom is 0.0460 e. The van der Waals surface area contributed by atoms with Crippen molar-refractivity contribution in [3.05, 3.63) is 0 Å². The van der Waals surface area contributed by atoms with Crippen molar-refractivity contribution in [1.29, 1.82) is 0 Å². The van der Waals surface area contributed by atoms with Gasteiger partial charge in [0.1, 0.15) is 0 Å². The van der Waals surface area contributed by atoms with Gasteiger partial charge in [0, 0.05) is 9.40 Å². The van der Waals surface area contributed by atoms with Crippen LogP contribution in [0.25, 0.3) is 0 Å². The molecule has 8 heavy (non-hydrogen) atoms. The molecular weight excluding hydrogens is 216 g/mol. The van der Waals surface area contributed by atoms with Crippen LogP contribution < -0.4 is 0 Å². The molecule has 0 fully saturated rings. The molecule has 0 spiro atoms. The second-order valence-electron chi connectivity index (χ2n) is 0.521. The molecule has 0 bridgehead atoms. The van der Waals surface area contributed by atoms with Crippen molar-refractivity contribution >= 4 is 75.1 Å². The molecule has 0 N–H and O–H groups in total. The van der Waals surface area contributed by atoms with Crippen LogP contribution in [0, 0.1) is 0 Å². The van der Waals surface area contributed by atoms with Gasteiger partial charge in [0.2, 0.25) is 0 Å². The first kappa shape index (κ1) is 9.58. The van der Waals surface area contributed by atoms with Crippen LogP contribution >= 0.6 is 65.7 Å². The number of hydrogen-bond acceptors (Lipinski definition) is 6. The highest BCUT2D eigenvalue weighted by Crippen LogP contribution is 2.40. The van der Waals surface area contributed by atoms with Gasteiger partial charge in [0.15, 0.2) is 0 Å². The molecule has 0 aromatic heterocycles. The molecule has 0 aliphatic heterocycles. The van der Waals surface area contributed by atoms with E-state index in [-0.39, 0.29) is 0 Å². The van der Waals surface area contributed by atoms with Crippen molar-refractivity contribution in [2.75, 3.05) is 0 Å². The van der Waals surface area contributed by atoms with Crippen molar-refractivity contribution in [2.24, 2.45) is 0 Å². The zero-order chi connectivity index (χ0) is 6.24. The minimum Gasteiger partial charge on any atom is -0.0803 e. The van der Waals surface area contributed by atoms with Crippen LogP contribution in [0.3, 0.4) is 0 Å². The fourth-order valence-corrected chi connectivity index (χ4v) is 5.20. The first-order valence-corrected chi connectivity index (χ1v) is 7.33. The Balaban J connectivity index is 2.71. The maximum atomic E-state index is 4.56. The van der Waals surface area contributed by atoms with E-state index in [1.807, 2.05) is 0 Å². The number of hydrogen-bond donors (Lipinski definition) is 0. The molecule has 0 aromatic carbocycles. The largest absolute Gasteiger partial charge is 0.0803 e. The van der Waals surface area contributed by atoms with E-state index in [0.717, 1.165) is 0 Å². The van der Waals surface area contributed by atoms with Gasteiger partial charge in [-0.3, -0.25) is 0 Å². The molecule has 0 atom stereocenters. The zero-order valence-electron chi connectivity index (χ0n) is 3.60. The van der Waals surface area contributed by atoms with Crippen LogP contribution in [-0.2, 0) is 0 Å². The molecule has 0 amide bonds. The molecule has 0 radical (unpaired) electrons. The van der Waals surface area contributed by atoms with Crippen molar-refractivity contribution in [3.8, 4) is 0 Å². The topological polar surface area (TPSA) is 0 Å². The van der Waals surface area contributed by atoms with Crippen LogP contribution in [0.5, 0.6) is 0 Å². The smallest absolute Gasteiger partial charge is 0.0460 e. The SMILES string of the molecule is S=CSSSSC=S. The summed E-state index contributed by atoms with van der Waals surface area (Å²) in [5.74, 6) is 0. The van der Waals surface area contributed by atoms with Crippen LogP contribution in [0.1, 0.15) is 0 Å². The molecule has 0 aliphatic rings. The van der Waals surface area contributed by atoms with Gasteiger partial charge in [0.05, 0.1) is 0 Å². The van der Waals surface area contributed by atoms with Crippen LogP contribution in [0.4, 0.5) is 0 Å². The van der Waals surface area contributed by atoms with Gasteiger partial charge in [-0.2, -0.15) is 0 Å². The predicted octanol–water partition coefficient (Wildman–Crippen LogP) is 3.58. The molecule has 0 saturated heterocycles. The van der Waals surface area contributed by atoms with Gasteiger partial charge >= 0.3 is 0 Å². The van der Waals surface area contributed by atoms with E-state index in [1.54, 1.807) is 29.1 Å². The predicted molar refractivity (Wildman–Crippen MR) is 57.7 cm³/mol. The summed E-state index contributed by atoms with van der Waals surface area (Å²) in [7, 11) is 6.29. The van der Waals surface area contributed by atoms with Gasteiger partial charge in [-0.1, -0.05) is 24.4 Å². The summed E-state index contributed by atoms with van der Waals surface area (Å²) in [5, 5.41) is 0. The van der Waals surface area contributed by atoms with E-state index >= 15 is 0 Å². The normalized spacial score (nSPS) is 8.50. The third kappa shape index (κ3) is 7.58. The second-order valence-corrected chi connectivity index (χ2v) is 7.14. The fourth-order valence-electron chi connectivity index (χ4n) is 0.0642. The van der Waals surface area contributed by atoms with E-state index in [9.17, 15) is 0 Å². The van der Waals surface area contributed by atoms with Crippen molar-refractivity contribution < 1.29 is 0 Å². The summed E-state index contributed by atoms with van der Waals surface area (Å²) in [6, 6.07) is 0. The highest BCUT2D eigenvalue weighted by molar-refractivity contribution is 9.29. The number of thiocarbonyl (C=S) groups is 2. The lowest BCUT2D eigenvalue weighted by molar-refractivity contribution is 4.47. The molecule has 6 heteroatoms. The van der Waals surface area contributed by atoms with Crippen LogP contribution in [-0.4, -0.2) is 9.40 Å². The summed E-state index contributed by atoms with van der Waals surface area (Å²) >= 11 is 9.12.